The van der Waals surface area contributed by atoms with E-state index in [1.807, 2.05) is 0 Å². The van der Waals surface area contributed by atoms with E-state index in [2.05, 4.69) is 48.5 Å². The van der Waals surface area contributed by atoms with Crippen molar-refractivity contribution in [2.45, 2.75) is 369 Å². The van der Waals surface area contributed by atoms with Gasteiger partial charge in [0.05, 0.1) is 26.4 Å². The number of aliphatic hydroxyl groups excluding tert-OH is 1. The Labute approximate surface area is 543 Å². The minimum absolute atomic E-state index is 0.102. The number of unbranched alkanes of at least 4 members (excludes halogenated alkanes) is 35. The highest BCUT2D eigenvalue weighted by Crippen LogP contribution is 2.45. The molecule has 0 rings (SSSR count). The van der Waals surface area contributed by atoms with Crippen molar-refractivity contribution in [3.8, 4) is 0 Å². The van der Waals surface area contributed by atoms with Crippen molar-refractivity contribution >= 4 is 39.5 Å². The molecule has 0 heterocycles. The average Bonchev–Trinajstić information content (AvgIpc) is 3.71. The molecule has 3 N–H and O–H groups in total. The molecule has 0 saturated heterocycles. The number of rotatable bonds is 68. The first kappa shape index (κ1) is 87.1. The third-order valence-electron chi connectivity index (χ3n) is 16.5. The van der Waals surface area contributed by atoms with Crippen molar-refractivity contribution in [3.05, 3.63) is 0 Å². The number of phosphoric acid groups is 2. The molecule has 0 aromatic heterocycles. The van der Waals surface area contributed by atoms with E-state index in [0.29, 0.717) is 37.5 Å². The van der Waals surface area contributed by atoms with Gasteiger partial charge in [0.2, 0.25) is 0 Å². The zero-order chi connectivity index (χ0) is 65.9. The second-order valence-corrected chi connectivity index (χ2v) is 29.4. The Bertz CT molecular complexity index is 1750. The van der Waals surface area contributed by atoms with E-state index < -0.39 is 97.5 Å². The van der Waals surface area contributed by atoms with Gasteiger partial charge in [-0.05, 0) is 43.4 Å². The molecule has 0 aliphatic rings. The van der Waals surface area contributed by atoms with E-state index in [1.54, 1.807) is 0 Å². The molecule has 89 heavy (non-hydrogen) atoms. The van der Waals surface area contributed by atoms with Crippen LogP contribution < -0.4 is 0 Å². The zero-order valence-electron chi connectivity index (χ0n) is 57.9. The summed E-state index contributed by atoms with van der Waals surface area (Å²) in [6, 6.07) is 0. The number of carbonyl (C=O) groups excluding carboxylic acids is 4. The first-order chi connectivity index (χ1) is 42.8. The van der Waals surface area contributed by atoms with E-state index in [1.165, 1.54) is 154 Å². The van der Waals surface area contributed by atoms with Gasteiger partial charge in [0.1, 0.15) is 19.3 Å². The van der Waals surface area contributed by atoms with E-state index in [0.717, 1.165) is 102 Å². The van der Waals surface area contributed by atoms with Crippen molar-refractivity contribution in [3.63, 3.8) is 0 Å². The van der Waals surface area contributed by atoms with Crippen LogP contribution in [-0.2, 0) is 65.4 Å². The van der Waals surface area contributed by atoms with Crippen LogP contribution in [0.15, 0.2) is 0 Å². The van der Waals surface area contributed by atoms with Gasteiger partial charge >= 0.3 is 39.5 Å². The van der Waals surface area contributed by atoms with Crippen LogP contribution in [0, 0.1) is 17.8 Å². The summed E-state index contributed by atoms with van der Waals surface area (Å²) < 4.78 is 68.2. The smallest absolute Gasteiger partial charge is 0.462 e. The van der Waals surface area contributed by atoms with Gasteiger partial charge in [-0.25, -0.2) is 9.13 Å². The molecule has 0 saturated carbocycles. The van der Waals surface area contributed by atoms with Crippen LogP contribution in [-0.4, -0.2) is 96.7 Å². The third-order valence-corrected chi connectivity index (χ3v) is 18.4. The lowest BCUT2D eigenvalue weighted by Gasteiger charge is -2.21. The normalized spacial score (nSPS) is 14.5. The lowest BCUT2D eigenvalue weighted by Crippen LogP contribution is -2.30. The van der Waals surface area contributed by atoms with Gasteiger partial charge < -0.3 is 33.8 Å². The van der Waals surface area contributed by atoms with E-state index in [-0.39, 0.29) is 25.7 Å². The first-order valence-electron chi connectivity index (χ1n) is 36.4. The standard InChI is InChI=1S/C70H136O17P2/c1-8-10-11-12-13-14-15-21-24-29-37-44-51-67(72)80-57-65(86-69(74)53-46-39-30-25-22-19-17-16-18-20-23-28-36-43-50-63(7)9-2)59-84-88(76,77)82-55-64(71)56-83-89(78,79)85-60-66(58-81-68(73)52-45-38-33-32-35-42-49-62(5)6)87-70(75)54-47-40-31-26-27-34-41-48-61(3)4/h61-66,71H,8-60H2,1-7H3,(H,76,77)(H,78,79)/t63?,64-,65-,66-/m1/s1. The van der Waals surface area contributed by atoms with Crippen LogP contribution in [0.1, 0.15) is 350 Å². The summed E-state index contributed by atoms with van der Waals surface area (Å²) in [5.41, 5.74) is 0. The topological polar surface area (TPSA) is 237 Å². The molecule has 0 aliphatic carbocycles. The highest BCUT2D eigenvalue weighted by atomic mass is 31.2. The van der Waals surface area contributed by atoms with Gasteiger partial charge in [-0.2, -0.15) is 0 Å². The van der Waals surface area contributed by atoms with Gasteiger partial charge in [0.15, 0.2) is 12.2 Å². The Morgan fingerprint density at radius 1 is 0.326 bits per heavy atom. The summed E-state index contributed by atoms with van der Waals surface area (Å²) in [7, 11) is -9.90. The van der Waals surface area contributed by atoms with Crippen molar-refractivity contribution in [1.29, 1.82) is 0 Å². The Kier molecular flexibility index (Phi) is 59.6. The maximum absolute atomic E-state index is 13.0. The van der Waals surface area contributed by atoms with Crippen molar-refractivity contribution < 1.29 is 80.2 Å². The Morgan fingerprint density at radius 3 is 0.854 bits per heavy atom. The number of aliphatic hydroxyl groups is 1. The first-order valence-corrected chi connectivity index (χ1v) is 39.4. The summed E-state index contributed by atoms with van der Waals surface area (Å²) in [5, 5.41) is 10.6. The molecule has 528 valence electrons. The highest BCUT2D eigenvalue weighted by molar-refractivity contribution is 7.47. The minimum Gasteiger partial charge on any atom is -0.462 e. The summed E-state index contributed by atoms with van der Waals surface area (Å²) in [6.07, 6.45) is 44.6. The van der Waals surface area contributed by atoms with Gasteiger partial charge in [0, 0.05) is 25.7 Å². The van der Waals surface area contributed by atoms with E-state index in [4.69, 9.17) is 37.0 Å². The largest absolute Gasteiger partial charge is 0.472 e. The molecule has 0 fully saturated rings. The zero-order valence-corrected chi connectivity index (χ0v) is 59.7. The number of esters is 4. The molecule has 0 spiro atoms. The molecule has 17 nitrogen and oxygen atoms in total. The van der Waals surface area contributed by atoms with Gasteiger partial charge in [0.25, 0.3) is 0 Å². The molecule has 0 aliphatic heterocycles. The molecule has 6 atom stereocenters. The SMILES string of the molecule is CCCCCCCCCCCCCCC(=O)OC[C@H](COP(=O)(O)OC[C@@H](O)COP(=O)(O)OC[C@@H](COC(=O)CCCCCCCCC(C)C)OC(=O)CCCCCCCCCC(C)C)OC(=O)CCCCCCCCCCCCCCCCC(C)CC. The Hall–Kier alpha value is -1.94. The Balaban J connectivity index is 5.22. The number of carbonyl (C=O) groups is 4. The number of phosphoric ester groups is 2. The van der Waals surface area contributed by atoms with Crippen molar-refractivity contribution in [2.75, 3.05) is 39.6 Å². The molecule has 3 unspecified atom stereocenters. The van der Waals surface area contributed by atoms with Crippen molar-refractivity contribution in [2.24, 2.45) is 17.8 Å². The van der Waals surface area contributed by atoms with Crippen LogP contribution in [0.2, 0.25) is 0 Å². The van der Waals surface area contributed by atoms with Crippen LogP contribution >= 0.6 is 15.6 Å². The fourth-order valence-electron chi connectivity index (χ4n) is 10.5. The second kappa shape index (κ2) is 61.0. The molecular formula is C70H136O17P2. The summed E-state index contributed by atoms with van der Waals surface area (Å²) >= 11 is 0. The van der Waals surface area contributed by atoms with Crippen molar-refractivity contribution in [1.82, 2.24) is 0 Å². The molecule has 0 amide bonds. The molecule has 0 radical (unpaired) electrons. The van der Waals surface area contributed by atoms with Crippen LogP contribution in [0.25, 0.3) is 0 Å². The molecule has 0 bridgehead atoms. The quantitative estimate of drug-likeness (QED) is 0.0222. The van der Waals surface area contributed by atoms with E-state index in [9.17, 15) is 43.2 Å². The monoisotopic (exact) mass is 1310 g/mol. The molecule has 0 aromatic rings. The van der Waals surface area contributed by atoms with Crippen LogP contribution in [0.3, 0.4) is 0 Å². The van der Waals surface area contributed by atoms with Crippen LogP contribution in [0.4, 0.5) is 0 Å². The molecule has 19 heteroatoms. The van der Waals surface area contributed by atoms with Crippen LogP contribution in [0.5, 0.6) is 0 Å². The number of hydrogen-bond donors (Lipinski definition) is 3. The maximum atomic E-state index is 13.0. The lowest BCUT2D eigenvalue weighted by molar-refractivity contribution is -0.161. The highest BCUT2D eigenvalue weighted by Gasteiger charge is 2.30. The second-order valence-electron chi connectivity index (χ2n) is 26.5. The van der Waals surface area contributed by atoms with Gasteiger partial charge in [-0.1, -0.05) is 299 Å². The number of hydrogen-bond acceptors (Lipinski definition) is 15. The fourth-order valence-corrected chi connectivity index (χ4v) is 12.1. The van der Waals surface area contributed by atoms with Gasteiger partial charge in [-0.15, -0.1) is 0 Å². The summed E-state index contributed by atoms with van der Waals surface area (Å²) in [6.45, 7) is 11.8. The predicted octanol–water partition coefficient (Wildman–Crippen LogP) is 19.8. The Morgan fingerprint density at radius 2 is 0.573 bits per heavy atom. The molecular weight excluding hydrogens is 1170 g/mol. The molecule has 0 aromatic carbocycles. The third kappa shape index (κ3) is 63.2. The maximum Gasteiger partial charge on any atom is 0.472 e. The van der Waals surface area contributed by atoms with E-state index >= 15 is 0 Å². The van der Waals surface area contributed by atoms with Gasteiger partial charge in [-0.3, -0.25) is 37.3 Å². The fraction of sp³-hybridized carbons (Fsp3) is 0.943. The average molecular weight is 1310 g/mol. The minimum atomic E-state index is -4.95. The predicted molar refractivity (Wildman–Crippen MR) is 358 cm³/mol. The summed E-state index contributed by atoms with van der Waals surface area (Å²) in [4.78, 5) is 72.4. The lowest BCUT2D eigenvalue weighted by atomic mass is 9.99. The number of ether oxygens (including phenoxy) is 4. The summed E-state index contributed by atoms with van der Waals surface area (Å²) in [5.74, 6) is 0.0913.